The number of rotatable bonds is 5. The first-order chi connectivity index (χ1) is 12.2. The number of carbonyl (C=O) groups is 2. The lowest BCUT2D eigenvalue weighted by atomic mass is 10.2. The Morgan fingerprint density at radius 2 is 2.24 bits per heavy atom. The van der Waals surface area contributed by atoms with Crippen molar-refractivity contribution in [2.24, 2.45) is 0 Å². The van der Waals surface area contributed by atoms with Gasteiger partial charge in [-0.05, 0) is 37.1 Å². The molecule has 2 heterocycles. The van der Waals surface area contributed by atoms with Crippen molar-refractivity contribution in [2.75, 3.05) is 18.4 Å². The van der Waals surface area contributed by atoms with Crippen molar-refractivity contribution >= 4 is 17.6 Å². The predicted octanol–water partition coefficient (Wildman–Crippen LogP) is 2.17. The van der Waals surface area contributed by atoms with E-state index in [4.69, 9.17) is 0 Å². The molecule has 0 aliphatic carbocycles. The number of carbonyl (C=O) groups excluding carboxylic acids is 2. The summed E-state index contributed by atoms with van der Waals surface area (Å²) in [4.78, 5) is 26.4. The van der Waals surface area contributed by atoms with Crippen molar-refractivity contribution in [1.82, 2.24) is 20.0 Å². The van der Waals surface area contributed by atoms with Gasteiger partial charge in [-0.25, -0.2) is 9.48 Å². The molecule has 1 aromatic carbocycles. The number of amides is 3. The number of hydrogen-bond acceptors (Lipinski definition) is 3. The molecule has 1 aromatic heterocycles. The molecule has 1 aliphatic rings. The average molecular weight is 339 g/mol. The van der Waals surface area contributed by atoms with E-state index in [0.717, 1.165) is 12.1 Å². The van der Waals surface area contributed by atoms with Gasteiger partial charge < -0.3 is 15.5 Å². The monoisotopic (exact) mass is 339 g/mol. The summed E-state index contributed by atoms with van der Waals surface area (Å²) >= 11 is 0. The molecule has 1 aliphatic heterocycles. The molecule has 1 fully saturated rings. The Labute approximate surface area is 146 Å². The third-order valence-electron chi connectivity index (χ3n) is 4.10. The number of anilines is 1. The summed E-state index contributed by atoms with van der Waals surface area (Å²) in [5, 5.41) is 9.82. The zero-order valence-corrected chi connectivity index (χ0v) is 13.9. The molecular formula is C18H21N5O2. The largest absolute Gasteiger partial charge is 0.335 e. The molecular weight excluding hydrogens is 318 g/mol. The lowest BCUT2D eigenvalue weighted by Gasteiger charge is -2.24. The van der Waals surface area contributed by atoms with E-state index in [-0.39, 0.29) is 11.9 Å². The maximum atomic E-state index is 12.6. The molecule has 25 heavy (non-hydrogen) atoms. The molecule has 2 N–H and O–H groups in total. The number of nitrogens with zero attached hydrogens (tertiary/aromatic N) is 3. The first-order valence-corrected chi connectivity index (χ1v) is 8.25. The van der Waals surface area contributed by atoms with Crippen LogP contribution in [0.4, 0.5) is 10.5 Å². The van der Waals surface area contributed by atoms with Gasteiger partial charge in [0.05, 0.1) is 5.69 Å². The van der Waals surface area contributed by atoms with Crippen LogP contribution in [0, 0.1) is 0 Å². The molecule has 7 heteroatoms. The van der Waals surface area contributed by atoms with Crippen LogP contribution in [0.25, 0.3) is 5.69 Å². The first kappa shape index (κ1) is 16.8. The summed E-state index contributed by atoms with van der Waals surface area (Å²) in [6.45, 7) is 4.54. The zero-order valence-electron chi connectivity index (χ0n) is 13.9. The quantitative estimate of drug-likeness (QED) is 0.820. The van der Waals surface area contributed by atoms with Crippen LogP contribution >= 0.6 is 0 Å². The lowest BCUT2D eigenvalue weighted by molar-refractivity contribution is -0.119. The van der Waals surface area contributed by atoms with E-state index in [9.17, 15) is 9.59 Å². The van der Waals surface area contributed by atoms with Crippen molar-refractivity contribution in [2.45, 2.75) is 18.9 Å². The van der Waals surface area contributed by atoms with Crippen LogP contribution in [-0.4, -0.2) is 45.8 Å². The molecule has 0 bridgehead atoms. The molecule has 1 atom stereocenters. The minimum atomic E-state index is -0.460. The van der Waals surface area contributed by atoms with Crippen LogP contribution in [0.3, 0.4) is 0 Å². The number of hydrogen-bond donors (Lipinski definition) is 2. The first-order valence-electron chi connectivity index (χ1n) is 8.25. The molecule has 130 valence electrons. The van der Waals surface area contributed by atoms with E-state index in [1.54, 1.807) is 21.9 Å². The van der Waals surface area contributed by atoms with Crippen molar-refractivity contribution in [3.8, 4) is 5.69 Å². The zero-order chi connectivity index (χ0) is 17.6. The lowest BCUT2D eigenvalue weighted by Crippen LogP contribution is -2.47. The number of nitrogens with one attached hydrogen (secondary N) is 2. The van der Waals surface area contributed by atoms with Gasteiger partial charge in [0.25, 0.3) is 0 Å². The Morgan fingerprint density at radius 1 is 1.36 bits per heavy atom. The summed E-state index contributed by atoms with van der Waals surface area (Å²) in [7, 11) is 0. The summed E-state index contributed by atoms with van der Waals surface area (Å²) in [6, 6.07) is 8.58. The van der Waals surface area contributed by atoms with Gasteiger partial charge in [-0.2, -0.15) is 5.10 Å². The smallest absolute Gasteiger partial charge is 0.318 e. The van der Waals surface area contributed by atoms with E-state index < -0.39 is 6.04 Å². The minimum Gasteiger partial charge on any atom is -0.335 e. The topological polar surface area (TPSA) is 79.3 Å². The molecule has 7 nitrogen and oxygen atoms in total. The Bertz CT molecular complexity index is 757. The van der Waals surface area contributed by atoms with E-state index >= 15 is 0 Å². The van der Waals surface area contributed by atoms with Gasteiger partial charge in [0, 0.05) is 31.2 Å². The maximum absolute atomic E-state index is 12.6. The Balaban J connectivity index is 1.68. The third-order valence-corrected chi connectivity index (χ3v) is 4.10. The minimum absolute atomic E-state index is 0.177. The summed E-state index contributed by atoms with van der Waals surface area (Å²) in [6.07, 6.45) is 6.62. The van der Waals surface area contributed by atoms with Gasteiger partial charge in [0.15, 0.2) is 0 Å². The molecule has 1 saturated heterocycles. The molecule has 3 amide bonds. The molecule has 0 spiro atoms. The van der Waals surface area contributed by atoms with E-state index in [1.165, 1.54) is 0 Å². The van der Waals surface area contributed by atoms with Crippen LogP contribution in [0.1, 0.15) is 12.8 Å². The molecule has 0 radical (unpaired) electrons. The second-order valence-corrected chi connectivity index (χ2v) is 5.82. The van der Waals surface area contributed by atoms with E-state index in [1.807, 2.05) is 36.5 Å². The second-order valence-electron chi connectivity index (χ2n) is 5.82. The predicted molar refractivity (Wildman–Crippen MR) is 95.5 cm³/mol. The Hall–Kier alpha value is -3.09. The number of benzene rings is 1. The SMILES string of the molecule is C=CCNC(=O)N1CCCC1C(=O)Nc1cccc(-n2cccn2)c1. The van der Waals surface area contributed by atoms with Gasteiger partial charge in [0.2, 0.25) is 5.91 Å². The van der Waals surface area contributed by atoms with Crippen molar-refractivity contribution in [1.29, 1.82) is 0 Å². The van der Waals surface area contributed by atoms with Gasteiger partial charge in [-0.15, -0.1) is 6.58 Å². The van der Waals surface area contributed by atoms with E-state index in [0.29, 0.717) is 25.2 Å². The summed E-state index contributed by atoms with van der Waals surface area (Å²) in [5.41, 5.74) is 1.53. The van der Waals surface area contributed by atoms with Crippen molar-refractivity contribution < 1.29 is 9.59 Å². The van der Waals surface area contributed by atoms with Crippen LogP contribution < -0.4 is 10.6 Å². The summed E-state index contributed by atoms with van der Waals surface area (Å²) in [5.74, 6) is -0.177. The molecule has 0 saturated carbocycles. The van der Waals surface area contributed by atoms with Crippen LogP contribution in [0.5, 0.6) is 0 Å². The third kappa shape index (κ3) is 3.88. The molecule has 1 unspecified atom stereocenters. The van der Waals surface area contributed by atoms with Gasteiger partial charge in [-0.3, -0.25) is 4.79 Å². The molecule has 2 aromatic rings. The van der Waals surface area contributed by atoms with Gasteiger partial charge in [-0.1, -0.05) is 12.1 Å². The maximum Gasteiger partial charge on any atom is 0.318 e. The van der Waals surface area contributed by atoms with Crippen molar-refractivity contribution in [3.05, 3.63) is 55.4 Å². The van der Waals surface area contributed by atoms with Crippen LogP contribution in [-0.2, 0) is 4.79 Å². The number of aromatic nitrogens is 2. The fourth-order valence-corrected chi connectivity index (χ4v) is 2.92. The fraction of sp³-hybridized carbons (Fsp3) is 0.278. The highest BCUT2D eigenvalue weighted by molar-refractivity contribution is 5.97. The highest BCUT2D eigenvalue weighted by Gasteiger charge is 2.33. The summed E-state index contributed by atoms with van der Waals surface area (Å²) < 4.78 is 1.72. The Kier molecular flexibility index (Phi) is 5.13. The van der Waals surface area contributed by atoms with Crippen LogP contribution in [0.15, 0.2) is 55.4 Å². The van der Waals surface area contributed by atoms with Crippen LogP contribution in [0.2, 0.25) is 0 Å². The number of likely N-dealkylation sites (tertiary alicyclic amines) is 1. The highest BCUT2D eigenvalue weighted by Crippen LogP contribution is 2.20. The second kappa shape index (κ2) is 7.65. The number of urea groups is 1. The van der Waals surface area contributed by atoms with Gasteiger partial charge in [0.1, 0.15) is 6.04 Å². The average Bonchev–Trinajstić information content (AvgIpc) is 3.31. The van der Waals surface area contributed by atoms with Crippen molar-refractivity contribution in [3.63, 3.8) is 0 Å². The molecule has 3 rings (SSSR count). The fourth-order valence-electron chi connectivity index (χ4n) is 2.92. The Morgan fingerprint density at radius 3 is 3.00 bits per heavy atom. The highest BCUT2D eigenvalue weighted by atomic mass is 16.2. The normalized spacial score (nSPS) is 16.5. The van der Waals surface area contributed by atoms with E-state index in [2.05, 4.69) is 22.3 Å². The standard InChI is InChI=1S/C18H21N5O2/c1-2-9-19-18(25)22-11-4-8-16(22)17(24)21-14-6-3-7-15(13-14)23-12-5-10-20-23/h2-3,5-7,10,12-13,16H,1,4,8-9,11H2,(H,19,25)(H,21,24). The van der Waals surface area contributed by atoms with Gasteiger partial charge >= 0.3 is 6.03 Å².